The summed E-state index contributed by atoms with van der Waals surface area (Å²) in [6.45, 7) is 8.53. The van der Waals surface area contributed by atoms with Crippen LogP contribution in [0.15, 0.2) is 24.3 Å². The number of esters is 1. The normalized spacial score (nSPS) is 22.1. The largest absolute Gasteiger partial charge is 0.465 e. The number of nitrogens with zero attached hydrogens (tertiary/aromatic N) is 1. The second-order valence-corrected chi connectivity index (χ2v) is 5.85. The molecule has 1 fully saturated rings. The highest BCUT2D eigenvalue weighted by atomic mass is 16.5. The molecule has 0 aromatic heterocycles. The average molecular weight is 262 g/mol. The summed E-state index contributed by atoms with van der Waals surface area (Å²) in [7, 11) is 1.40. The molecule has 0 spiro atoms. The molecule has 1 aliphatic heterocycles. The number of carbonyl (C=O) groups is 1. The maximum absolute atomic E-state index is 11.4. The van der Waals surface area contributed by atoms with Crippen molar-refractivity contribution in [2.24, 2.45) is 0 Å². The van der Waals surface area contributed by atoms with Gasteiger partial charge in [0, 0.05) is 30.4 Å². The van der Waals surface area contributed by atoms with Crippen LogP contribution in [0.2, 0.25) is 0 Å². The number of hydrogen-bond donors (Lipinski definition) is 1. The zero-order chi connectivity index (χ0) is 14.0. The van der Waals surface area contributed by atoms with E-state index in [0.29, 0.717) is 11.6 Å². The van der Waals surface area contributed by atoms with Gasteiger partial charge in [0.05, 0.1) is 12.7 Å². The third kappa shape index (κ3) is 3.26. The Labute approximate surface area is 114 Å². The topological polar surface area (TPSA) is 41.6 Å². The fourth-order valence-electron chi connectivity index (χ4n) is 2.75. The minimum atomic E-state index is -0.291. The monoisotopic (exact) mass is 262 g/mol. The van der Waals surface area contributed by atoms with Crippen molar-refractivity contribution in [3.05, 3.63) is 29.8 Å². The van der Waals surface area contributed by atoms with Gasteiger partial charge in [-0.1, -0.05) is 0 Å². The Bertz CT molecular complexity index is 454. The van der Waals surface area contributed by atoms with Gasteiger partial charge in [-0.3, -0.25) is 0 Å². The summed E-state index contributed by atoms with van der Waals surface area (Å²) in [5.41, 5.74) is 1.83. The predicted molar refractivity (Wildman–Crippen MR) is 76.7 cm³/mol. The lowest BCUT2D eigenvalue weighted by molar-refractivity contribution is 0.0600. The van der Waals surface area contributed by atoms with Gasteiger partial charge >= 0.3 is 5.97 Å². The first-order valence-corrected chi connectivity index (χ1v) is 6.62. The number of ether oxygens (including phenoxy) is 1. The smallest absolute Gasteiger partial charge is 0.337 e. The van der Waals surface area contributed by atoms with Gasteiger partial charge < -0.3 is 15.0 Å². The number of methoxy groups -OCH3 is 1. The zero-order valence-electron chi connectivity index (χ0n) is 12.1. The molecule has 1 heterocycles. The average Bonchev–Trinajstić information content (AvgIpc) is 2.35. The standard InChI is InChI=1S/C15H22N2O2/c1-11-9-17(10-15(2,3)16-11)13-7-5-12(6-8-13)14(18)19-4/h5-8,11,16H,9-10H2,1-4H3. The summed E-state index contributed by atoms with van der Waals surface area (Å²) < 4.78 is 4.71. The molecule has 104 valence electrons. The van der Waals surface area contributed by atoms with Crippen molar-refractivity contribution in [2.75, 3.05) is 25.1 Å². The van der Waals surface area contributed by atoms with Gasteiger partial charge in [0.2, 0.25) is 0 Å². The molecule has 1 aromatic rings. The molecule has 0 saturated carbocycles. The van der Waals surface area contributed by atoms with Crippen LogP contribution in [-0.4, -0.2) is 37.7 Å². The third-order valence-corrected chi connectivity index (χ3v) is 3.37. The maximum Gasteiger partial charge on any atom is 0.337 e. The van der Waals surface area contributed by atoms with Gasteiger partial charge in [-0.15, -0.1) is 0 Å². The van der Waals surface area contributed by atoms with E-state index in [1.54, 1.807) is 0 Å². The molecule has 1 N–H and O–H groups in total. The lowest BCUT2D eigenvalue weighted by Gasteiger charge is -2.44. The van der Waals surface area contributed by atoms with Crippen molar-refractivity contribution < 1.29 is 9.53 Å². The van der Waals surface area contributed by atoms with Crippen LogP contribution in [0.1, 0.15) is 31.1 Å². The summed E-state index contributed by atoms with van der Waals surface area (Å²) in [6.07, 6.45) is 0. The minimum Gasteiger partial charge on any atom is -0.465 e. The van der Waals surface area contributed by atoms with E-state index < -0.39 is 0 Å². The number of benzene rings is 1. The first-order chi connectivity index (χ1) is 8.91. The van der Waals surface area contributed by atoms with E-state index in [9.17, 15) is 4.79 Å². The first-order valence-electron chi connectivity index (χ1n) is 6.62. The number of piperazine rings is 1. The Morgan fingerprint density at radius 2 is 2.00 bits per heavy atom. The van der Waals surface area contributed by atoms with Gasteiger partial charge in [-0.05, 0) is 45.0 Å². The highest BCUT2D eigenvalue weighted by Gasteiger charge is 2.29. The van der Waals surface area contributed by atoms with Crippen molar-refractivity contribution in [3.63, 3.8) is 0 Å². The Morgan fingerprint density at radius 1 is 1.37 bits per heavy atom. The molecule has 0 bridgehead atoms. The van der Waals surface area contributed by atoms with Crippen LogP contribution in [0.25, 0.3) is 0 Å². The Kier molecular flexibility index (Phi) is 3.80. The quantitative estimate of drug-likeness (QED) is 0.828. The molecule has 2 rings (SSSR count). The Hall–Kier alpha value is -1.55. The van der Waals surface area contributed by atoms with Crippen molar-refractivity contribution in [3.8, 4) is 0 Å². The van der Waals surface area contributed by atoms with Crippen LogP contribution < -0.4 is 10.2 Å². The predicted octanol–water partition coefficient (Wildman–Crippen LogP) is 2.05. The summed E-state index contributed by atoms with van der Waals surface area (Å²) >= 11 is 0. The molecule has 1 atom stereocenters. The number of hydrogen-bond acceptors (Lipinski definition) is 4. The zero-order valence-corrected chi connectivity index (χ0v) is 12.1. The van der Waals surface area contributed by atoms with Gasteiger partial charge in [0.15, 0.2) is 0 Å². The van der Waals surface area contributed by atoms with E-state index >= 15 is 0 Å². The lowest BCUT2D eigenvalue weighted by Crippen LogP contribution is -2.61. The first kappa shape index (κ1) is 13.9. The number of nitrogens with one attached hydrogen (secondary N) is 1. The van der Waals surface area contributed by atoms with Crippen LogP contribution in [0.3, 0.4) is 0 Å². The molecule has 4 heteroatoms. The maximum atomic E-state index is 11.4. The van der Waals surface area contributed by atoms with Gasteiger partial charge in [0.1, 0.15) is 0 Å². The van der Waals surface area contributed by atoms with Crippen molar-refractivity contribution in [1.29, 1.82) is 0 Å². The van der Waals surface area contributed by atoms with Crippen LogP contribution in [0, 0.1) is 0 Å². The molecule has 4 nitrogen and oxygen atoms in total. The third-order valence-electron chi connectivity index (χ3n) is 3.37. The van der Waals surface area contributed by atoms with Crippen molar-refractivity contribution in [2.45, 2.75) is 32.4 Å². The minimum absolute atomic E-state index is 0.0959. The Balaban J connectivity index is 2.15. The van der Waals surface area contributed by atoms with Gasteiger partial charge in [0.25, 0.3) is 0 Å². The highest BCUT2D eigenvalue weighted by Crippen LogP contribution is 2.22. The SMILES string of the molecule is COC(=O)c1ccc(N2CC(C)NC(C)(C)C2)cc1. The molecule has 0 radical (unpaired) electrons. The van der Waals surface area contributed by atoms with E-state index in [4.69, 9.17) is 4.74 Å². The Morgan fingerprint density at radius 3 is 2.53 bits per heavy atom. The molecular formula is C15H22N2O2. The summed E-state index contributed by atoms with van der Waals surface area (Å²) in [4.78, 5) is 13.8. The summed E-state index contributed by atoms with van der Waals surface area (Å²) in [5, 5.41) is 3.58. The van der Waals surface area contributed by atoms with Crippen LogP contribution in [0.4, 0.5) is 5.69 Å². The van der Waals surface area contributed by atoms with E-state index in [1.165, 1.54) is 7.11 Å². The van der Waals surface area contributed by atoms with Crippen molar-refractivity contribution in [1.82, 2.24) is 5.32 Å². The second-order valence-electron chi connectivity index (χ2n) is 5.85. The molecule has 1 unspecified atom stereocenters. The van der Waals surface area contributed by atoms with E-state index in [1.807, 2.05) is 24.3 Å². The van der Waals surface area contributed by atoms with Crippen LogP contribution in [0.5, 0.6) is 0 Å². The molecular weight excluding hydrogens is 240 g/mol. The van der Waals surface area contributed by atoms with E-state index in [2.05, 4.69) is 31.0 Å². The number of rotatable bonds is 2. The number of anilines is 1. The second kappa shape index (κ2) is 5.21. The van der Waals surface area contributed by atoms with Gasteiger partial charge in [-0.2, -0.15) is 0 Å². The fraction of sp³-hybridized carbons (Fsp3) is 0.533. The van der Waals surface area contributed by atoms with E-state index in [0.717, 1.165) is 18.8 Å². The van der Waals surface area contributed by atoms with Gasteiger partial charge in [-0.25, -0.2) is 4.79 Å². The highest BCUT2D eigenvalue weighted by molar-refractivity contribution is 5.89. The fourth-order valence-corrected chi connectivity index (χ4v) is 2.75. The summed E-state index contributed by atoms with van der Waals surface area (Å²) in [5.74, 6) is -0.291. The van der Waals surface area contributed by atoms with E-state index in [-0.39, 0.29) is 11.5 Å². The molecule has 0 amide bonds. The molecule has 1 aliphatic rings. The summed E-state index contributed by atoms with van der Waals surface area (Å²) in [6, 6.07) is 8.06. The lowest BCUT2D eigenvalue weighted by atomic mass is 9.98. The molecule has 1 aromatic carbocycles. The number of carbonyl (C=O) groups excluding carboxylic acids is 1. The van der Waals surface area contributed by atoms with Crippen LogP contribution >= 0.6 is 0 Å². The molecule has 19 heavy (non-hydrogen) atoms. The van der Waals surface area contributed by atoms with Crippen molar-refractivity contribution >= 4 is 11.7 Å². The van der Waals surface area contributed by atoms with Crippen LogP contribution in [-0.2, 0) is 4.74 Å². The molecule has 0 aliphatic carbocycles. The molecule has 1 saturated heterocycles.